The summed E-state index contributed by atoms with van der Waals surface area (Å²) in [6.45, 7) is 7.90. The zero-order chi connectivity index (χ0) is 23.3. The molecule has 0 spiro atoms. The minimum absolute atomic E-state index is 0.0710. The van der Waals surface area contributed by atoms with Gasteiger partial charge in [0.15, 0.2) is 0 Å². The minimum Gasteiger partial charge on any atom is -0.489 e. The number of halogens is 1. The second kappa shape index (κ2) is 9.55. The van der Waals surface area contributed by atoms with Crippen LogP contribution in [-0.4, -0.2) is 96.5 Å². The van der Waals surface area contributed by atoms with Crippen molar-refractivity contribution in [3.05, 3.63) is 11.6 Å². The number of piperazine rings is 1. The molecule has 0 amide bonds. The van der Waals surface area contributed by atoms with E-state index >= 15 is 0 Å². The Kier molecular flexibility index (Phi) is 6.61. The molecule has 4 aliphatic heterocycles. The van der Waals surface area contributed by atoms with Gasteiger partial charge in [-0.15, -0.1) is 0 Å². The molecule has 2 aliphatic carbocycles. The summed E-state index contributed by atoms with van der Waals surface area (Å²) < 4.78 is 20.8. The van der Waals surface area contributed by atoms with Crippen LogP contribution in [-0.2, 0) is 4.74 Å². The summed E-state index contributed by atoms with van der Waals surface area (Å²) in [5, 5.41) is 21.0. The van der Waals surface area contributed by atoms with E-state index in [0.717, 1.165) is 71.5 Å². The topological polar surface area (TPSA) is 96.1 Å². The molecule has 9 nitrogen and oxygen atoms in total. The second-order valence-corrected chi connectivity index (χ2v) is 11.5. The third-order valence-electron chi connectivity index (χ3n) is 9.06. The van der Waals surface area contributed by atoms with Crippen LogP contribution in [0.3, 0.4) is 0 Å². The van der Waals surface area contributed by atoms with Crippen molar-refractivity contribution in [2.24, 2.45) is 5.92 Å². The van der Waals surface area contributed by atoms with Gasteiger partial charge in [0.25, 0.3) is 0 Å². The third-order valence-corrected chi connectivity index (χ3v) is 9.06. The van der Waals surface area contributed by atoms with E-state index in [1.807, 2.05) is 0 Å². The maximum atomic E-state index is 14.7. The molecule has 0 bridgehead atoms. The van der Waals surface area contributed by atoms with E-state index in [4.69, 9.17) is 4.74 Å². The molecular weight excluding hydrogens is 437 g/mol. The summed E-state index contributed by atoms with van der Waals surface area (Å²) in [7, 11) is 0. The van der Waals surface area contributed by atoms with Crippen molar-refractivity contribution in [3.8, 4) is 0 Å². The zero-order valence-corrected chi connectivity index (χ0v) is 20.4. The first-order valence-electron chi connectivity index (χ1n) is 13.4. The Morgan fingerprint density at radius 1 is 0.941 bits per heavy atom. The van der Waals surface area contributed by atoms with E-state index in [1.54, 1.807) is 0 Å². The largest absolute Gasteiger partial charge is 0.489 e. The van der Waals surface area contributed by atoms with Crippen LogP contribution in [0.4, 0.5) is 4.39 Å². The molecular formula is C24H42FN7O2. The number of hydrazine groups is 1. The van der Waals surface area contributed by atoms with Crippen molar-refractivity contribution in [1.82, 2.24) is 36.6 Å². The number of hydrogen-bond acceptors (Lipinski definition) is 9. The van der Waals surface area contributed by atoms with Gasteiger partial charge < -0.3 is 15.2 Å². The first-order chi connectivity index (χ1) is 16.5. The number of aliphatic hydroxyl groups excluding tert-OH is 1. The van der Waals surface area contributed by atoms with E-state index in [1.165, 1.54) is 0 Å². The molecule has 0 aromatic carbocycles. The first-order valence-corrected chi connectivity index (χ1v) is 13.4. The van der Waals surface area contributed by atoms with Gasteiger partial charge in [0.2, 0.25) is 0 Å². The Bertz CT molecular complexity index is 772. The van der Waals surface area contributed by atoms with Crippen molar-refractivity contribution in [3.63, 3.8) is 0 Å². The predicted molar refractivity (Wildman–Crippen MR) is 127 cm³/mol. The molecule has 6 N–H and O–H groups in total. The summed E-state index contributed by atoms with van der Waals surface area (Å²) >= 11 is 0. The Hall–Kier alpha value is -0.850. The highest BCUT2D eigenvalue weighted by Gasteiger charge is 2.48. The van der Waals surface area contributed by atoms with E-state index in [9.17, 15) is 9.50 Å². The number of ether oxygens (including phenoxy) is 1. The molecule has 5 fully saturated rings. The highest BCUT2D eigenvalue weighted by Crippen LogP contribution is 2.45. The molecule has 7 atom stereocenters. The van der Waals surface area contributed by atoms with E-state index in [0.29, 0.717) is 42.9 Å². The molecule has 192 valence electrons. The standard InChI is InChI=1S/C24H42FN7O2/c1-24(3-4-24)34-20-11-16-18(12-17(20)25)29-30-23(16)19-13-22(28-14-27-19)32-8-6-31(7-9-32)21-10-15(33)2-5-26-21/h15-16,18-19,21-23,26-30,33H,2-14H2,1H3/t15?,16-,18+,19+,21?,22?,23+/m0/s1. The Labute approximate surface area is 202 Å². The van der Waals surface area contributed by atoms with Crippen molar-refractivity contribution in [1.29, 1.82) is 0 Å². The smallest absolute Gasteiger partial charge is 0.139 e. The van der Waals surface area contributed by atoms with Crippen molar-refractivity contribution in [2.45, 2.75) is 94.0 Å². The number of nitrogens with one attached hydrogen (secondary N) is 5. The van der Waals surface area contributed by atoms with Gasteiger partial charge in [0.05, 0.1) is 18.4 Å². The van der Waals surface area contributed by atoms with E-state index in [2.05, 4.69) is 43.5 Å². The van der Waals surface area contributed by atoms with Crippen LogP contribution in [0.15, 0.2) is 11.6 Å². The van der Waals surface area contributed by atoms with Crippen LogP contribution >= 0.6 is 0 Å². The molecule has 4 heterocycles. The van der Waals surface area contributed by atoms with E-state index in [-0.39, 0.29) is 29.6 Å². The zero-order valence-electron chi connectivity index (χ0n) is 20.4. The van der Waals surface area contributed by atoms with Crippen LogP contribution in [0.2, 0.25) is 0 Å². The van der Waals surface area contributed by atoms with Gasteiger partial charge in [-0.3, -0.25) is 31.3 Å². The lowest BCUT2D eigenvalue weighted by Crippen LogP contribution is -2.66. The fraction of sp³-hybridized carbons (Fsp3) is 0.917. The van der Waals surface area contributed by atoms with Gasteiger partial charge in [-0.2, -0.15) is 0 Å². The highest BCUT2D eigenvalue weighted by molar-refractivity contribution is 5.17. The monoisotopic (exact) mass is 479 g/mol. The summed E-state index contributed by atoms with van der Waals surface area (Å²) in [5.74, 6) is 0.854. The normalized spacial score (nSPS) is 43.6. The van der Waals surface area contributed by atoms with Crippen LogP contribution in [0.5, 0.6) is 0 Å². The number of hydrogen-bond donors (Lipinski definition) is 6. The lowest BCUT2D eigenvalue weighted by atomic mass is 9.80. The van der Waals surface area contributed by atoms with Gasteiger partial charge >= 0.3 is 0 Å². The molecule has 0 aromatic rings. The molecule has 0 radical (unpaired) electrons. The quantitative estimate of drug-likeness (QED) is 0.324. The maximum absolute atomic E-state index is 14.7. The number of nitrogens with zero attached hydrogens (tertiary/aromatic N) is 2. The highest BCUT2D eigenvalue weighted by atomic mass is 19.1. The van der Waals surface area contributed by atoms with Crippen LogP contribution in [0, 0.1) is 5.92 Å². The fourth-order valence-corrected chi connectivity index (χ4v) is 6.62. The van der Waals surface area contributed by atoms with E-state index < -0.39 is 0 Å². The SMILES string of the molecule is CC1(OC2=C(F)C[C@H]3NN[C@@H]([C@H]4CC(N5CCN(C6CC(O)CCN6)CC5)NCN4)[C@H]3C2)CC1. The van der Waals surface area contributed by atoms with Gasteiger partial charge in [-0.05, 0) is 39.2 Å². The summed E-state index contributed by atoms with van der Waals surface area (Å²) in [6.07, 6.45) is 6.33. The van der Waals surface area contributed by atoms with Gasteiger partial charge in [-0.25, -0.2) is 4.39 Å². The average Bonchev–Trinajstić information content (AvgIpc) is 3.44. The van der Waals surface area contributed by atoms with Gasteiger partial charge in [0.1, 0.15) is 17.2 Å². The molecule has 4 saturated heterocycles. The Balaban J connectivity index is 1.04. The van der Waals surface area contributed by atoms with Crippen LogP contribution in [0.1, 0.15) is 51.9 Å². The summed E-state index contributed by atoms with van der Waals surface area (Å²) in [5.41, 5.74) is 6.77. The maximum Gasteiger partial charge on any atom is 0.139 e. The molecule has 34 heavy (non-hydrogen) atoms. The Morgan fingerprint density at radius 3 is 2.38 bits per heavy atom. The van der Waals surface area contributed by atoms with Crippen molar-refractivity contribution < 1.29 is 14.2 Å². The molecule has 6 aliphatic rings. The average molecular weight is 480 g/mol. The summed E-state index contributed by atoms with van der Waals surface area (Å²) in [6, 6.07) is 0.699. The number of aliphatic hydroxyl groups is 1. The van der Waals surface area contributed by atoms with Crippen molar-refractivity contribution in [2.75, 3.05) is 39.4 Å². The minimum atomic E-state index is -0.173. The number of piperidine rings is 1. The second-order valence-electron chi connectivity index (χ2n) is 11.5. The molecule has 6 rings (SSSR count). The molecule has 1 saturated carbocycles. The van der Waals surface area contributed by atoms with Crippen LogP contribution < -0.4 is 26.8 Å². The lowest BCUT2D eigenvalue weighted by Gasteiger charge is -2.47. The first kappa shape index (κ1) is 23.5. The van der Waals surface area contributed by atoms with Gasteiger partial charge in [0, 0.05) is 76.2 Å². The van der Waals surface area contributed by atoms with Gasteiger partial charge in [-0.1, -0.05) is 0 Å². The lowest BCUT2D eigenvalue weighted by molar-refractivity contribution is 0.00164. The van der Waals surface area contributed by atoms with Crippen LogP contribution in [0.25, 0.3) is 0 Å². The molecule has 0 aromatic heterocycles. The summed E-state index contributed by atoms with van der Waals surface area (Å²) in [4.78, 5) is 5.07. The fourth-order valence-electron chi connectivity index (χ4n) is 6.62. The Morgan fingerprint density at radius 2 is 1.68 bits per heavy atom. The predicted octanol–water partition coefficient (Wildman–Crippen LogP) is -0.0853. The number of fused-ring (bicyclic) bond motifs is 1. The molecule has 10 heteroatoms. The van der Waals surface area contributed by atoms with Crippen molar-refractivity contribution >= 4 is 0 Å². The molecule has 3 unspecified atom stereocenters. The number of rotatable bonds is 5. The number of allylic oxidation sites excluding steroid dienone is 1. The third kappa shape index (κ3) is 4.88.